The van der Waals surface area contributed by atoms with Gasteiger partial charge in [-0.1, -0.05) is 25.4 Å². The van der Waals surface area contributed by atoms with Crippen molar-refractivity contribution in [3.05, 3.63) is 34.3 Å². The summed E-state index contributed by atoms with van der Waals surface area (Å²) in [7, 11) is 0. The van der Waals surface area contributed by atoms with Crippen molar-refractivity contribution in [1.82, 2.24) is 0 Å². The van der Waals surface area contributed by atoms with E-state index in [2.05, 4.69) is 0 Å². The zero-order valence-corrected chi connectivity index (χ0v) is 11.0. The molecule has 1 aromatic rings. The lowest BCUT2D eigenvalue weighted by Gasteiger charge is -2.07. The molecule has 1 aromatic carbocycles. The molecule has 0 unspecified atom stereocenters. The molecule has 0 aliphatic carbocycles. The maximum Gasteiger partial charge on any atom is 0.163 e. The Hall–Kier alpha value is -1.15. The monoisotopic (exact) mass is 252 g/mol. The van der Waals surface area contributed by atoms with Crippen LogP contribution in [-0.4, -0.2) is 11.6 Å². The minimum absolute atomic E-state index is 0.00514. The van der Waals surface area contributed by atoms with Crippen LogP contribution in [0.2, 0.25) is 5.02 Å². The van der Waals surface area contributed by atoms with Gasteiger partial charge in [0.2, 0.25) is 0 Å². The van der Waals surface area contributed by atoms with Gasteiger partial charge < -0.3 is 0 Å². The Bertz CT molecular complexity index is 424. The normalized spacial score (nSPS) is 10.3. The highest BCUT2D eigenvalue weighted by atomic mass is 35.5. The topological polar surface area (TPSA) is 34.1 Å². The highest BCUT2D eigenvalue weighted by molar-refractivity contribution is 6.31. The van der Waals surface area contributed by atoms with Gasteiger partial charge in [0.1, 0.15) is 0 Å². The standard InChI is InChI=1S/C14H17ClO2/c1-3-5-13(16)11-8-7-10(15)9-12(11)14(17)6-4-2/h7-9H,3-6H2,1-2H3. The lowest BCUT2D eigenvalue weighted by Crippen LogP contribution is -2.08. The van der Waals surface area contributed by atoms with Gasteiger partial charge in [0.25, 0.3) is 0 Å². The van der Waals surface area contributed by atoms with E-state index in [1.807, 2.05) is 13.8 Å². The molecule has 0 saturated carbocycles. The first-order valence-electron chi connectivity index (χ1n) is 5.96. The maximum atomic E-state index is 11.9. The largest absolute Gasteiger partial charge is 0.294 e. The number of halogens is 1. The van der Waals surface area contributed by atoms with Gasteiger partial charge in [-0.2, -0.15) is 0 Å². The molecule has 3 heteroatoms. The van der Waals surface area contributed by atoms with E-state index in [0.29, 0.717) is 29.0 Å². The van der Waals surface area contributed by atoms with E-state index in [1.54, 1.807) is 18.2 Å². The van der Waals surface area contributed by atoms with Crippen LogP contribution >= 0.6 is 11.6 Å². The first kappa shape index (κ1) is 13.9. The summed E-state index contributed by atoms with van der Waals surface area (Å²) in [4.78, 5) is 23.8. The van der Waals surface area contributed by atoms with Crippen molar-refractivity contribution in [1.29, 1.82) is 0 Å². The van der Waals surface area contributed by atoms with Crippen molar-refractivity contribution < 1.29 is 9.59 Å². The van der Waals surface area contributed by atoms with Crippen molar-refractivity contribution in [2.45, 2.75) is 39.5 Å². The molecule has 0 aromatic heterocycles. The molecule has 92 valence electrons. The van der Waals surface area contributed by atoms with Gasteiger partial charge in [-0.3, -0.25) is 9.59 Å². The van der Waals surface area contributed by atoms with Crippen molar-refractivity contribution in [2.75, 3.05) is 0 Å². The molecule has 0 spiro atoms. The zero-order valence-electron chi connectivity index (χ0n) is 10.3. The summed E-state index contributed by atoms with van der Waals surface area (Å²) in [5, 5.41) is 0.498. The molecule has 0 fully saturated rings. The maximum absolute atomic E-state index is 11.9. The van der Waals surface area contributed by atoms with Crippen molar-refractivity contribution in [3.63, 3.8) is 0 Å². The van der Waals surface area contributed by atoms with Gasteiger partial charge in [0.05, 0.1) is 0 Å². The molecule has 0 heterocycles. The van der Waals surface area contributed by atoms with Crippen LogP contribution < -0.4 is 0 Å². The Morgan fingerprint density at radius 2 is 1.53 bits per heavy atom. The Balaban J connectivity index is 3.11. The second kappa shape index (κ2) is 6.55. The van der Waals surface area contributed by atoms with Gasteiger partial charge in [0, 0.05) is 29.0 Å². The van der Waals surface area contributed by atoms with Gasteiger partial charge in [-0.25, -0.2) is 0 Å². The number of carbonyl (C=O) groups excluding carboxylic acids is 2. The van der Waals surface area contributed by atoms with E-state index < -0.39 is 0 Å². The molecule has 0 atom stereocenters. The fourth-order valence-electron chi connectivity index (χ4n) is 1.71. The zero-order chi connectivity index (χ0) is 12.8. The second-order valence-corrected chi connectivity index (χ2v) is 4.47. The van der Waals surface area contributed by atoms with E-state index in [0.717, 1.165) is 12.8 Å². The summed E-state index contributed by atoms with van der Waals surface area (Å²) < 4.78 is 0. The molecule has 0 radical (unpaired) electrons. The van der Waals surface area contributed by atoms with Crippen LogP contribution in [0.4, 0.5) is 0 Å². The molecule has 17 heavy (non-hydrogen) atoms. The van der Waals surface area contributed by atoms with Gasteiger partial charge >= 0.3 is 0 Å². The number of ketones is 2. The number of benzene rings is 1. The summed E-state index contributed by atoms with van der Waals surface area (Å²) >= 11 is 5.88. The van der Waals surface area contributed by atoms with E-state index in [1.165, 1.54) is 0 Å². The molecule has 0 bridgehead atoms. The predicted molar refractivity (Wildman–Crippen MR) is 69.9 cm³/mol. The molecular weight excluding hydrogens is 236 g/mol. The first-order chi connectivity index (χ1) is 8.10. The van der Waals surface area contributed by atoms with E-state index >= 15 is 0 Å². The van der Waals surface area contributed by atoms with Gasteiger partial charge in [-0.15, -0.1) is 0 Å². The lowest BCUT2D eigenvalue weighted by molar-refractivity contribution is 0.0948. The highest BCUT2D eigenvalue weighted by Gasteiger charge is 2.16. The third kappa shape index (κ3) is 3.67. The van der Waals surface area contributed by atoms with Crippen LogP contribution in [-0.2, 0) is 0 Å². The molecule has 0 aliphatic heterocycles. The van der Waals surface area contributed by atoms with Crippen LogP contribution in [0.25, 0.3) is 0 Å². The minimum Gasteiger partial charge on any atom is -0.294 e. The van der Waals surface area contributed by atoms with Crippen molar-refractivity contribution in [2.24, 2.45) is 0 Å². The van der Waals surface area contributed by atoms with E-state index in [9.17, 15) is 9.59 Å². The molecule has 0 aliphatic rings. The molecular formula is C14H17ClO2. The van der Waals surface area contributed by atoms with Gasteiger partial charge in [-0.05, 0) is 31.0 Å². The van der Waals surface area contributed by atoms with E-state index in [-0.39, 0.29) is 11.6 Å². The summed E-state index contributed by atoms with van der Waals surface area (Å²) in [6.45, 7) is 3.89. The summed E-state index contributed by atoms with van der Waals surface area (Å²) in [5.74, 6) is 0.0121. The molecule has 0 N–H and O–H groups in total. The molecule has 2 nitrogen and oxygen atoms in total. The second-order valence-electron chi connectivity index (χ2n) is 4.04. The molecule has 0 saturated heterocycles. The Labute approximate surface area is 107 Å². The van der Waals surface area contributed by atoms with Crippen molar-refractivity contribution in [3.8, 4) is 0 Å². The quantitative estimate of drug-likeness (QED) is 0.707. The smallest absolute Gasteiger partial charge is 0.163 e. The predicted octanol–water partition coefficient (Wildman–Crippen LogP) is 4.31. The SMILES string of the molecule is CCCC(=O)c1ccc(Cl)cc1C(=O)CCC. The van der Waals surface area contributed by atoms with Crippen LogP contribution in [0, 0.1) is 0 Å². The number of hydrogen-bond acceptors (Lipinski definition) is 2. The third-order valence-corrected chi connectivity index (χ3v) is 2.77. The average molecular weight is 253 g/mol. The Kier molecular flexibility index (Phi) is 5.36. The van der Waals surface area contributed by atoms with Gasteiger partial charge in [0.15, 0.2) is 11.6 Å². The average Bonchev–Trinajstić information content (AvgIpc) is 2.29. The number of Topliss-reactive ketones (excluding diaryl/α,β-unsaturated/α-hetero) is 2. The Morgan fingerprint density at radius 1 is 1.00 bits per heavy atom. The molecule has 1 rings (SSSR count). The summed E-state index contributed by atoms with van der Waals surface area (Å²) in [6, 6.07) is 4.92. The van der Waals surface area contributed by atoms with E-state index in [4.69, 9.17) is 11.6 Å². The minimum atomic E-state index is -0.00514. The summed E-state index contributed by atoms with van der Waals surface area (Å²) in [5.41, 5.74) is 0.979. The number of rotatable bonds is 6. The van der Waals surface area contributed by atoms with Crippen molar-refractivity contribution >= 4 is 23.2 Å². The van der Waals surface area contributed by atoms with Crippen LogP contribution in [0.3, 0.4) is 0 Å². The third-order valence-electron chi connectivity index (χ3n) is 2.54. The first-order valence-corrected chi connectivity index (χ1v) is 6.33. The fourth-order valence-corrected chi connectivity index (χ4v) is 1.89. The molecule has 0 amide bonds. The highest BCUT2D eigenvalue weighted by Crippen LogP contribution is 2.20. The van der Waals surface area contributed by atoms with Crippen LogP contribution in [0.15, 0.2) is 18.2 Å². The van der Waals surface area contributed by atoms with Crippen LogP contribution in [0.5, 0.6) is 0 Å². The Morgan fingerprint density at radius 3 is 2.06 bits per heavy atom. The summed E-state index contributed by atoms with van der Waals surface area (Å²) in [6.07, 6.45) is 2.47. The number of hydrogen-bond donors (Lipinski definition) is 0. The lowest BCUT2D eigenvalue weighted by atomic mass is 9.96. The number of carbonyl (C=O) groups is 2. The van der Waals surface area contributed by atoms with Crippen LogP contribution in [0.1, 0.15) is 60.2 Å². The fraction of sp³-hybridized carbons (Fsp3) is 0.429.